The Morgan fingerprint density at radius 2 is 1.28 bits per heavy atom. The van der Waals surface area contributed by atoms with Crippen molar-refractivity contribution in [1.82, 2.24) is 9.80 Å². The summed E-state index contributed by atoms with van der Waals surface area (Å²) in [5, 5.41) is 0. The summed E-state index contributed by atoms with van der Waals surface area (Å²) in [4.78, 5) is 28.1. The molecular formula is C19H38N2O4. The first kappa shape index (κ1) is 23.9. The summed E-state index contributed by atoms with van der Waals surface area (Å²) < 4.78 is 11.0. The molecule has 0 aromatic carbocycles. The summed E-state index contributed by atoms with van der Waals surface area (Å²) in [6.45, 7) is 13.8. The van der Waals surface area contributed by atoms with Gasteiger partial charge in [-0.25, -0.2) is 0 Å². The van der Waals surface area contributed by atoms with Crippen LogP contribution in [0.15, 0.2) is 0 Å². The molecule has 0 aliphatic rings. The van der Waals surface area contributed by atoms with E-state index in [2.05, 4.69) is 27.7 Å². The topological polar surface area (TPSA) is 59.1 Å². The predicted octanol–water partition coefficient (Wildman–Crippen LogP) is 2.71. The molecule has 0 spiro atoms. The van der Waals surface area contributed by atoms with Crippen LogP contribution in [-0.2, 0) is 19.1 Å². The lowest BCUT2D eigenvalue weighted by Crippen LogP contribution is -2.40. The van der Waals surface area contributed by atoms with Crippen molar-refractivity contribution in [3.05, 3.63) is 0 Å². The van der Waals surface area contributed by atoms with Crippen LogP contribution in [0.1, 0.15) is 60.3 Å². The predicted molar refractivity (Wildman–Crippen MR) is 101 cm³/mol. The lowest BCUT2D eigenvalue weighted by molar-refractivity contribution is -0.145. The van der Waals surface area contributed by atoms with Crippen LogP contribution in [0.5, 0.6) is 0 Å². The monoisotopic (exact) mass is 358 g/mol. The summed E-state index contributed by atoms with van der Waals surface area (Å²) in [7, 11) is 0. The van der Waals surface area contributed by atoms with E-state index >= 15 is 0 Å². The molecule has 0 aliphatic carbocycles. The van der Waals surface area contributed by atoms with Crippen LogP contribution in [-0.4, -0.2) is 73.7 Å². The SMILES string of the molecule is CCCN(CCC)C(=O)COCCOC(C)C(=O)N(CCC)CCC. The summed E-state index contributed by atoms with van der Waals surface area (Å²) >= 11 is 0. The van der Waals surface area contributed by atoms with Crippen LogP contribution in [0.4, 0.5) is 0 Å². The van der Waals surface area contributed by atoms with Crippen LogP contribution in [0.2, 0.25) is 0 Å². The van der Waals surface area contributed by atoms with E-state index < -0.39 is 6.10 Å². The Morgan fingerprint density at radius 1 is 0.800 bits per heavy atom. The molecule has 0 saturated heterocycles. The number of hydrogen-bond acceptors (Lipinski definition) is 4. The van der Waals surface area contributed by atoms with Gasteiger partial charge in [0.05, 0.1) is 13.2 Å². The average molecular weight is 359 g/mol. The van der Waals surface area contributed by atoms with Crippen LogP contribution in [0, 0.1) is 0 Å². The van der Waals surface area contributed by atoms with Crippen LogP contribution in [0.3, 0.4) is 0 Å². The Kier molecular flexibility index (Phi) is 14.5. The lowest BCUT2D eigenvalue weighted by Gasteiger charge is -2.25. The second-order valence-electron chi connectivity index (χ2n) is 6.27. The molecule has 2 amide bonds. The van der Waals surface area contributed by atoms with Gasteiger partial charge in [0.2, 0.25) is 5.91 Å². The van der Waals surface area contributed by atoms with E-state index in [9.17, 15) is 9.59 Å². The number of nitrogens with zero attached hydrogens (tertiary/aromatic N) is 2. The number of rotatable bonds is 15. The van der Waals surface area contributed by atoms with Gasteiger partial charge in [-0.3, -0.25) is 9.59 Å². The van der Waals surface area contributed by atoms with E-state index in [4.69, 9.17) is 9.47 Å². The third kappa shape index (κ3) is 10.4. The molecule has 0 heterocycles. The Labute approximate surface area is 153 Å². The van der Waals surface area contributed by atoms with E-state index in [0.717, 1.165) is 51.9 Å². The molecule has 0 fully saturated rings. The molecule has 1 atom stereocenters. The summed E-state index contributed by atoms with van der Waals surface area (Å²) in [5.74, 6) is 0.0433. The first-order chi connectivity index (χ1) is 12.0. The van der Waals surface area contributed by atoms with Crippen molar-refractivity contribution in [3.8, 4) is 0 Å². The van der Waals surface area contributed by atoms with Crippen molar-refractivity contribution in [1.29, 1.82) is 0 Å². The minimum atomic E-state index is -0.478. The highest BCUT2D eigenvalue weighted by Crippen LogP contribution is 2.03. The number of ether oxygens (including phenoxy) is 2. The second kappa shape index (κ2) is 15.1. The minimum absolute atomic E-state index is 0.0184. The number of carbonyl (C=O) groups excluding carboxylic acids is 2. The summed E-state index contributed by atoms with van der Waals surface area (Å²) in [6, 6.07) is 0. The maximum atomic E-state index is 12.3. The Hall–Kier alpha value is -1.14. The summed E-state index contributed by atoms with van der Waals surface area (Å²) in [6.07, 6.45) is 3.29. The standard InChI is InChI=1S/C19H38N2O4/c1-6-10-20(11-7-2)18(22)16-24-14-15-25-17(5)19(23)21(12-8-3)13-9-4/h17H,6-16H2,1-5H3. The maximum Gasteiger partial charge on any atom is 0.251 e. The van der Waals surface area contributed by atoms with Crippen molar-refractivity contribution in [2.45, 2.75) is 66.4 Å². The Balaban J connectivity index is 4.06. The Bertz CT molecular complexity index is 351. The van der Waals surface area contributed by atoms with Crippen molar-refractivity contribution in [2.24, 2.45) is 0 Å². The highest BCUT2D eigenvalue weighted by atomic mass is 16.5. The molecule has 0 aromatic heterocycles. The van der Waals surface area contributed by atoms with Crippen molar-refractivity contribution >= 4 is 11.8 Å². The van der Waals surface area contributed by atoms with E-state index in [1.807, 2.05) is 9.80 Å². The quantitative estimate of drug-likeness (QED) is 0.422. The molecular weight excluding hydrogens is 320 g/mol. The molecule has 0 rings (SSSR count). The number of carbonyl (C=O) groups is 2. The highest BCUT2D eigenvalue weighted by molar-refractivity contribution is 5.80. The van der Waals surface area contributed by atoms with Gasteiger partial charge in [-0.2, -0.15) is 0 Å². The zero-order valence-electron chi connectivity index (χ0n) is 16.9. The molecule has 6 heteroatoms. The first-order valence-corrected chi connectivity index (χ1v) is 9.77. The van der Waals surface area contributed by atoms with E-state index in [1.165, 1.54) is 0 Å². The number of amides is 2. The van der Waals surface area contributed by atoms with Crippen LogP contribution < -0.4 is 0 Å². The van der Waals surface area contributed by atoms with Crippen molar-refractivity contribution in [3.63, 3.8) is 0 Å². The molecule has 148 valence electrons. The minimum Gasteiger partial charge on any atom is -0.369 e. The third-order valence-electron chi connectivity index (χ3n) is 3.81. The maximum absolute atomic E-state index is 12.3. The third-order valence-corrected chi connectivity index (χ3v) is 3.81. The van der Waals surface area contributed by atoms with Gasteiger partial charge in [-0.1, -0.05) is 27.7 Å². The van der Waals surface area contributed by atoms with Gasteiger partial charge >= 0.3 is 0 Å². The molecule has 0 aromatic rings. The van der Waals surface area contributed by atoms with Crippen LogP contribution >= 0.6 is 0 Å². The van der Waals surface area contributed by atoms with Gasteiger partial charge in [0, 0.05) is 26.2 Å². The lowest BCUT2D eigenvalue weighted by atomic mass is 10.3. The van der Waals surface area contributed by atoms with Gasteiger partial charge < -0.3 is 19.3 Å². The van der Waals surface area contributed by atoms with Gasteiger partial charge in [0.25, 0.3) is 5.91 Å². The molecule has 0 aliphatic heterocycles. The molecule has 0 bridgehead atoms. The van der Waals surface area contributed by atoms with E-state index in [1.54, 1.807) is 6.92 Å². The smallest absolute Gasteiger partial charge is 0.251 e. The van der Waals surface area contributed by atoms with Gasteiger partial charge in [0.15, 0.2) is 0 Å². The molecule has 1 unspecified atom stereocenters. The van der Waals surface area contributed by atoms with Crippen molar-refractivity contribution < 1.29 is 19.1 Å². The number of hydrogen-bond donors (Lipinski definition) is 0. The molecule has 0 radical (unpaired) electrons. The second-order valence-corrected chi connectivity index (χ2v) is 6.27. The zero-order valence-corrected chi connectivity index (χ0v) is 16.9. The van der Waals surface area contributed by atoms with Crippen LogP contribution in [0.25, 0.3) is 0 Å². The first-order valence-electron chi connectivity index (χ1n) is 9.77. The summed E-state index contributed by atoms with van der Waals surface area (Å²) in [5.41, 5.74) is 0. The molecule has 25 heavy (non-hydrogen) atoms. The average Bonchev–Trinajstić information content (AvgIpc) is 2.60. The zero-order chi connectivity index (χ0) is 19.1. The Morgan fingerprint density at radius 3 is 1.76 bits per heavy atom. The van der Waals surface area contributed by atoms with Gasteiger partial charge in [-0.15, -0.1) is 0 Å². The van der Waals surface area contributed by atoms with Gasteiger partial charge in [0.1, 0.15) is 12.7 Å². The van der Waals surface area contributed by atoms with Gasteiger partial charge in [-0.05, 0) is 32.6 Å². The normalized spacial score (nSPS) is 12.0. The fourth-order valence-electron chi connectivity index (χ4n) is 2.64. The van der Waals surface area contributed by atoms with E-state index in [0.29, 0.717) is 13.2 Å². The molecule has 0 saturated carbocycles. The van der Waals surface area contributed by atoms with Crippen molar-refractivity contribution in [2.75, 3.05) is 46.0 Å². The van der Waals surface area contributed by atoms with E-state index in [-0.39, 0.29) is 18.4 Å². The highest BCUT2D eigenvalue weighted by Gasteiger charge is 2.19. The fourth-order valence-corrected chi connectivity index (χ4v) is 2.64. The largest absolute Gasteiger partial charge is 0.369 e. The molecule has 0 N–H and O–H groups in total. The fraction of sp³-hybridized carbons (Fsp3) is 0.895. The molecule has 6 nitrogen and oxygen atoms in total.